The Morgan fingerprint density at radius 2 is 2.05 bits per heavy atom. The van der Waals surface area contributed by atoms with Crippen molar-refractivity contribution in [3.05, 3.63) is 29.8 Å². The summed E-state index contributed by atoms with van der Waals surface area (Å²) in [7, 11) is -3.20. The summed E-state index contributed by atoms with van der Waals surface area (Å²) in [5, 5.41) is -0.626. The van der Waals surface area contributed by atoms with Gasteiger partial charge in [-0.2, -0.15) is 0 Å². The summed E-state index contributed by atoms with van der Waals surface area (Å²) in [6, 6.07) is 6.90. The lowest BCUT2D eigenvalue weighted by Crippen LogP contribution is -2.42. The maximum Gasteiger partial charge on any atom is 0.158 e. The van der Waals surface area contributed by atoms with E-state index >= 15 is 0 Å². The van der Waals surface area contributed by atoms with Crippen LogP contribution in [0, 0.1) is 0 Å². The molecule has 2 rings (SSSR count). The van der Waals surface area contributed by atoms with Crippen molar-refractivity contribution in [1.82, 2.24) is 0 Å². The summed E-state index contributed by atoms with van der Waals surface area (Å²) >= 11 is 0. The molecule has 106 valence electrons. The normalized spacial score (nSPS) is 22.6. The van der Waals surface area contributed by atoms with Crippen LogP contribution in [0.5, 0.6) is 5.75 Å². The number of para-hydroxylation sites is 1. The van der Waals surface area contributed by atoms with E-state index in [0.29, 0.717) is 12.2 Å². The highest BCUT2D eigenvalue weighted by Crippen LogP contribution is 2.33. The van der Waals surface area contributed by atoms with Crippen LogP contribution in [0.15, 0.2) is 24.3 Å². The predicted molar refractivity (Wildman–Crippen MR) is 76.0 cm³/mol. The predicted octanol–water partition coefficient (Wildman–Crippen LogP) is 2.05. The van der Waals surface area contributed by atoms with Gasteiger partial charge in [0, 0.05) is 5.56 Å². The van der Waals surface area contributed by atoms with Crippen LogP contribution in [0.25, 0.3) is 0 Å². The highest BCUT2D eigenvalue weighted by molar-refractivity contribution is 7.92. The summed E-state index contributed by atoms with van der Waals surface area (Å²) in [5.41, 5.74) is 6.91. The Morgan fingerprint density at radius 1 is 1.32 bits per heavy atom. The summed E-state index contributed by atoms with van der Waals surface area (Å²) < 4.78 is 30.2. The summed E-state index contributed by atoms with van der Waals surface area (Å²) in [5.74, 6) is 0.903. The molecule has 4 nitrogen and oxygen atoms in total. The van der Waals surface area contributed by atoms with Crippen LogP contribution in [-0.2, 0) is 9.84 Å². The van der Waals surface area contributed by atoms with Gasteiger partial charge in [0.05, 0.1) is 11.8 Å². The number of unbranched alkanes of at least 4 members (excludes halogenated alkanes) is 2. The fourth-order valence-electron chi connectivity index (χ4n) is 2.39. The minimum absolute atomic E-state index is 0.159. The fourth-order valence-corrected chi connectivity index (χ4v) is 4.17. The van der Waals surface area contributed by atoms with Crippen LogP contribution in [-0.4, -0.2) is 26.0 Å². The van der Waals surface area contributed by atoms with Gasteiger partial charge in [0.1, 0.15) is 17.6 Å². The molecule has 0 spiro atoms. The molecule has 5 heteroatoms. The molecule has 0 saturated heterocycles. The van der Waals surface area contributed by atoms with Crippen LogP contribution in [0.2, 0.25) is 0 Å². The van der Waals surface area contributed by atoms with Gasteiger partial charge >= 0.3 is 0 Å². The second kappa shape index (κ2) is 5.92. The van der Waals surface area contributed by atoms with Crippen LogP contribution >= 0.6 is 0 Å². The zero-order valence-electron chi connectivity index (χ0n) is 11.2. The van der Waals surface area contributed by atoms with Gasteiger partial charge in [0.2, 0.25) is 0 Å². The van der Waals surface area contributed by atoms with Gasteiger partial charge in [0.25, 0.3) is 0 Å². The van der Waals surface area contributed by atoms with Crippen molar-refractivity contribution in [2.45, 2.75) is 37.5 Å². The topological polar surface area (TPSA) is 69.4 Å². The van der Waals surface area contributed by atoms with Crippen LogP contribution in [0.4, 0.5) is 0 Å². The van der Waals surface area contributed by atoms with Crippen molar-refractivity contribution in [2.24, 2.45) is 5.73 Å². The average molecular weight is 283 g/mol. The van der Waals surface area contributed by atoms with Crippen molar-refractivity contribution in [2.75, 3.05) is 12.4 Å². The molecule has 1 aliphatic rings. The molecule has 0 amide bonds. The maximum absolute atomic E-state index is 12.3. The van der Waals surface area contributed by atoms with Crippen molar-refractivity contribution in [3.8, 4) is 5.75 Å². The number of fused-ring (bicyclic) bond motifs is 1. The Labute approximate surface area is 114 Å². The first kappa shape index (κ1) is 14.3. The zero-order valence-corrected chi connectivity index (χ0v) is 12.0. The van der Waals surface area contributed by atoms with E-state index in [0.717, 1.165) is 18.4 Å². The van der Waals surface area contributed by atoms with E-state index in [4.69, 9.17) is 10.5 Å². The maximum atomic E-state index is 12.3. The lowest BCUT2D eigenvalue weighted by atomic mass is 10.0. The molecule has 0 radical (unpaired) electrons. The monoisotopic (exact) mass is 283 g/mol. The lowest BCUT2D eigenvalue weighted by Gasteiger charge is -2.30. The van der Waals surface area contributed by atoms with Gasteiger partial charge in [-0.3, -0.25) is 0 Å². The molecule has 1 heterocycles. The molecule has 1 aromatic carbocycles. The number of nitrogens with two attached hydrogens (primary N) is 1. The smallest absolute Gasteiger partial charge is 0.158 e. The molecule has 1 aromatic rings. The molecule has 0 saturated carbocycles. The Hall–Kier alpha value is -1.07. The average Bonchev–Trinajstić information content (AvgIpc) is 2.39. The first-order valence-corrected chi connectivity index (χ1v) is 8.46. The molecular weight excluding hydrogens is 262 g/mol. The Kier molecular flexibility index (Phi) is 4.47. The molecule has 0 bridgehead atoms. The first-order valence-electron chi connectivity index (χ1n) is 6.75. The van der Waals surface area contributed by atoms with Crippen molar-refractivity contribution in [1.29, 1.82) is 0 Å². The fraction of sp³-hybridized carbons (Fsp3) is 0.571. The minimum atomic E-state index is -3.20. The third-order valence-corrected chi connectivity index (χ3v) is 5.79. The van der Waals surface area contributed by atoms with E-state index in [-0.39, 0.29) is 12.4 Å². The SMILES string of the molecule is CCCCCS(=O)(=O)C1COc2ccccc2C1N. The third-order valence-electron chi connectivity index (χ3n) is 3.58. The van der Waals surface area contributed by atoms with Crippen LogP contribution < -0.4 is 10.5 Å². The second-order valence-corrected chi connectivity index (χ2v) is 7.33. The molecule has 0 aliphatic carbocycles. The second-order valence-electron chi connectivity index (χ2n) is 4.99. The summed E-state index contributed by atoms with van der Waals surface area (Å²) in [6.07, 6.45) is 2.63. The van der Waals surface area contributed by atoms with E-state index in [1.807, 2.05) is 24.3 Å². The molecule has 2 unspecified atom stereocenters. The molecule has 0 aromatic heterocycles. The van der Waals surface area contributed by atoms with Crippen molar-refractivity contribution in [3.63, 3.8) is 0 Å². The molecule has 1 aliphatic heterocycles. The number of sulfone groups is 1. The number of benzene rings is 1. The largest absolute Gasteiger partial charge is 0.492 e. The summed E-state index contributed by atoms with van der Waals surface area (Å²) in [4.78, 5) is 0. The quantitative estimate of drug-likeness (QED) is 0.840. The molecule has 2 atom stereocenters. The Bertz CT molecular complexity index is 527. The van der Waals surface area contributed by atoms with Crippen molar-refractivity contribution < 1.29 is 13.2 Å². The van der Waals surface area contributed by atoms with E-state index in [2.05, 4.69) is 6.92 Å². The van der Waals surface area contributed by atoms with Gasteiger partial charge in [-0.05, 0) is 12.5 Å². The number of hydrogen-bond acceptors (Lipinski definition) is 4. The van der Waals surface area contributed by atoms with E-state index in [9.17, 15) is 8.42 Å². The van der Waals surface area contributed by atoms with Gasteiger partial charge in [-0.1, -0.05) is 38.0 Å². The molecular formula is C14H21NO3S. The lowest BCUT2D eigenvalue weighted by molar-refractivity contribution is 0.270. The van der Waals surface area contributed by atoms with Crippen molar-refractivity contribution >= 4 is 9.84 Å². The van der Waals surface area contributed by atoms with Crippen LogP contribution in [0.1, 0.15) is 37.8 Å². The van der Waals surface area contributed by atoms with Gasteiger partial charge in [-0.15, -0.1) is 0 Å². The van der Waals surface area contributed by atoms with Gasteiger partial charge < -0.3 is 10.5 Å². The highest BCUT2D eigenvalue weighted by atomic mass is 32.2. The highest BCUT2D eigenvalue weighted by Gasteiger charge is 2.36. The summed E-state index contributed by atoms with van der Waals surface area (Å²) in [6.45, 7) is 2.21. The van der Waals surface area contributed by atoms with E-state index < -0.39 is 21.1 Å². The molecule has 0 fully saturated rings. The number of ether oxygens (including phenoxy) is 1. The zero-order chi connectivity index (χ0) is 13.9. The third kappa shape index (κ3) is 3.09. The van der Waals surface area contributed by atoms with E-state index in [1.165, 1.54) is 0 Å². The van der Waals surface area contributed by atoms with Gasteiger partial charge in [-0.25, -0.2) is 8.42 Å². The first-order chi connectivity index (χ1) is 9.06. The number of hydrogen-bond donors (Lipinski definition) is 1. The Morgan fingerprint density at radius 3 is 2.79 bits per heavy atom. The van der Waals surface area contributed by atoms with E-state index in [1.54, 1.807) is 0 Å². The molecule has 2 N–H and O–H groups in total. The van der Waals surface area contributed by atoms with Gasteiger partial charge in [0.15, 0.2) is 9.84 Å². The Balaban J connectivity index is 2.15. The van der Waals surface area contributed by atoms with Crippen LogP contribution in [0.3, 0.4) is 0 Å². The standard InChI is InChI=1S/C14H21NO3S/c1-2-3-6-9-19(16,17)13-10-18-12-8-5-4-7-11(12)14(13)15/h4-5,7-8,13-14H,2-3,6,9-10,15H2,1H3. The number of rotatable bonds is 5. The molecule has 19 heavy (non-hydrogen) atoms. The minimum Gasteiger partial charge on any atom is -0.492 e.